The van der Waals surface area contributed by atoms with Gasteiger partial charge in [-0.15, -0.1) is 11.3 Å². The average molecular weight is 458 g/mol. The first-order chi connectivity index (χ1) is 15.3. The molecule has 8 nitrogen and oxygen atoms in total. The van der Waals surface area contributed by atoms with Gasteiger partial charge in [0, 0.05) is 16.9 Å². The van der Waals surface area contributed by atoms with Gasteiger partial charge in [0.05, 0.1) is 31.5 Å². The number of hydrogen-bond donors (Lipinski definition) is 1. The molecular formula is C23H23NO7S. The Bertz CT molecular complexity index is 1110. The van der Waals surface area contributed by atoms with E-state index in [4.69, 9.17) is 14.2 Å². The first-order valence-electron chi connectivity index (χ1n) is 9.76. The molecule has 0 bridgehead atoms. The number of carbonyl (C=O) groups excluding carboxylic acids is 3. The summed E-state index contributed by atoms with van der Waals surface area (Å²) in [5.74, 6) is -1.86. The summed E-state index contributed by atoms with van der Waals surface area (Å²) in [6.45, 7) is 5.17. The van der Waals surface area contributed by atoms with E-state index in [-0.39, 0.29) is 52.7 Å². The maximum atomic E-state index is 12.9. The summed E-state index contributed by atoms with van der Waals surface area (Å²) in [6, 6.07) is 6.51. The molecule has 0 spiro atoms. The van der Waals surface area contributed by atoms with E-state index in [1.165, 1.54) is 25.3 Å². The fourth-order valence-electron chi connectivity index (χ4n) is 2.95. The van der Waals surface area contributed by atoms with Crippen LogP contribution in [0.25, 0.3) is 6.08 Å². The third-order valence-electron chi connectivity index (χ3n) is 4.45. The smallest absolute Gasteiger partial charge is 0.348 e. The van der Waals surface area contributed by atoms with Gasteiger partial charge in [-0.3, -0.25) is 4.79 Å². The molecule has 1 heterocycles. The molecule has 0 saturated heterocycles. The van der Waals surface area contributed by atoms with E-state index < -0.39 is 17.7 Å². The van der Waals surface area contributed by atoms with E-state index in [1.54, 1.807) is 26.8 Å². The minimum absolute atomic E-state index is 0.120. The van der Waals surface area contributed by atoms with Crippen molar-refractivity contribution in [1.82, 2.24) is 0 Å². The van der Waals surface area contributed by atoms with E-state index in [1.807, 2.05) is 6.07 Å². The first kappa shape index (κ1) is 24.6. The summed E-state index contributed by atoms with van der Waals surface area (Å²) in [6.07, 6.45) is 0.945. The topological polar surface area (TPSA) is 123 Å². The molecule has 0 fully saturated rings. The number of phenolic OH excluding ortho intramolecular Hbond substituents is 1. The molecule has 32 heavy (non-hydrogen) atoms. The van der Waals surface area contributed by atoms with Crippen molar-refractivity contribution < 1.29 is 33.7 Å². The molecule has 9 heteroatoms. The van der Waals surface area contributed by atoms with Gasteiger partial charge in [-0.2, -0.15) is 5.26 Å². The summed E-state index contributed by atoms with van der Waals surface area (Å²) in [5, 5.41) is 19.8. The molecule has 0 aliphatic carbocycles. The number of carbonyl (C=O) groups is 3. The standard InChI is InChI=1S/C23H23NO7S/c1-5-30-22(27)19-13(3)21(23(28)31-6-2)32-18(19)11-16(25)15(12-24)10-14-8-7-9-17(29-4)20(14)26/h7-10,26H,5-6,11H2,1-4H3. The zero-order chi connectivity index (χ0) is 23.8. The van der Waals surface area contributed by atoms with Crippen LogP contribution in [0.15, 0.2) is 23.8 Å². The average Bonchev–Trinajstić information content (AvgIpc) is 3.09. The number of nitrogens with zero attached hydrogens (tertiary/aromatic N) is 1. The molecule has 1 N–H and O–H groups in total. The van der Waals surface area contributed by atoms with Gasteiger partial charge in [0.15, 0.2) is 17.3 Å². The van der Waals surface area contributed by atoms with Crippen LogP contribution in [0.1, 0.15) is 49.9 Å². The zero-order valence-corrected chi connectivity index (χ0v) is 19.0. The van der Waals surface area contributed by atoms with Crippen molar-refractivity contribution in [2.75, 3.05) is 20.3 Å². The molecule has 0 aliphatic rings. The van der Waals surface area contributed by atoms with Crippen molar-refractivity contribution in [2.45, 2.75) is 27.2 Å². The minimum atomic E-state index is -0.660. The summed E-state index contributed by atoms with van der Waals surface area (Å²) in [5.41, 5.74) is 0.485. The van der Waals surface area contributed by atoms with Crippen LogP contribution < -0.4 is 4.74 Å². The number of ether oxygens (including phenoxy) is 3. The second kappa shape index (κ2) is 11.1. The number of methoxy groups -OCH3 is 1. The SMILES string of the molecule is CCOC(=O)c1sc(CC(=O)C(C#N)=Cc2cccc(OC)c2O)c(C(=O)OCC)c1C. The number of Topliss-reactive ketones (excluding diaryl/α,β-unsaturated/α-hetero) is 1. The Kier molecular flexibility index (Phi) is 8.55. The van der Waals surface area contributed by atoms with Crippen LogP contribution in [0.5, 0.6) is 11.5 Å². The number of rotatable bonds is 9. The third-order valence-corrected chi connectivity index (χ3v) is 5.72. The van der Waals surface area contributed by atoms with Crippen molar-refractivity contribution >= 4 is 35.1 Å². The van der Waals surface area contributed by atoms with Gasteiger partial charge in [-0.05, 0) is 38.5 Å². The quantitative estimate of drug-likeness (QED) is 0.342. The lowest BCUT2D eigenvalue weighted by Gasteiger charge is -2.07. The van der Waals surface area contributed by atoms with E-state index >= 15 is 0 Å². The highest BCUT2D eigenvalue weighted by atomic mass is 32.1. The van der Waals surface area contributed by atoms with E-state index in [0.29, 0.717) is 10.4 Å². The van der Waals surface area contributed by atoms with Gasteiger partial charge in [-0.25, -0.2) is 9.59 Å². The minimum Gasteiger partial charge on any atom is -0.504 e. The number of aromatic hydroxyl groups is 1. The number of phenols is 1. The maximum absolute atomic E-state index is 12.9. The van der Waals surface area contributed by atoms with Gasteiger partial charge < -0.3 is 19.3 Å². The molecule has 0 unspecified atom stereocenters. The molecule has 0 aliphatic heterocycles. The Morgan fingerprint density at radius 1 is 1.16 bits per heavy atom. The van der Waals surface area contributed by atoms with Crippen LogP contribution in [0.4, 0.5) is 0 Å². The number of thiophene rings is 1. The van der Waals surface area contributed by atoms with Crippen LogP contribution in [-0.2, 0) is 20.7 Å². The Hall–Kier alpha value is -3.64. The monoisotopic (exact) mass is 457 g/mol. The highest BCUT2D eigenvalue weighted by Gasteiger charge is 2.28. The maximum Gasteiger partial charge on any atom is 0.348 e. The number of benzene rings is 1. The van der Waals surface area contributed by atoms with E-state index in [0.717, 1.165) is 11.3 Å². The summed E-state index contributed by atoms with van der Waals surface area (Å²) in [7, 11) is 1.38. The summed E-state index contributed by atoms with van der Waals surface area (Å²) in [4.78, 5) is 38.2. The van der Waals surface area contributed by atoms with Gasteiger partial charge in [-0.1, -0.05) is 12.1 Å². The summed E-state index contributed by atoms with van der Waals surface area (Å²) < 4.78 is 15.2. The van der Waals surface area contributed by atoms with E-state index in [2.05, 4.69) is 0 Å². The molecular weight excluding hydrogens is 434 g/mol. The van der Waals surface area contributed by atoms with Crippen molar-refractivity contribution in [3.05, 3.63) is 50.2 Å². The Morgan fingerprint density at radius 2 is 1.81 bits per heavy atom. The summed E-state index contributed by atoms with van der Waals surface area (Å²) >= 11 is 0.958. The molecule has 0 radical (unpaired) electrons. The molecule has 1 aromatic carbocycles. The molecule has 1 aromatic heterocycles. The lowest BCUT2D eigenvalue weighted by molar-refractivity contribution is -0.114. The second-order valence-electron chi connectivity index (χ2n) is 6.46. The molecule has 0 amide bonds. The number of ketones is 1. The Morgan fingerprint density at radius 3 is 2.41 bits per heavy atom. The highest BCUT2D eigenvalue weighted by molar-refractivity contribution is 7.14. The Labute approximate surface area is 189 Å². The van der Waals surface area contributed by atoms with Crippen molar-refractivity contribution in [2.24, 2.45) is 0 Å². The first-order valence-corrected chi connectivity index (χ1v) is 10.6. The molecule has 168 valence electrons. The Balaban J connectivity index is 2.46. The van der Waals surface area contributed by atoms with Crippen LogP contribution >= 0.6 is 11.3 Å². The van der Waals surface area contributed by atoms with Crippen molar-refractivity contribution in [3.8, 4) is 17.6 Å². The van der Waals surface area contributed by atoms with Crippen LogP contribution in [-0.4, -0.2) is 43.2 Å². The van der Waals surface area contributed by atoms with Crippen molar-refractivity contribution in [3.63, 3.8) is 0 Å². The predicted octanol–water partition coefficient (Wildman–Crippen LogP) is 3.84. The highest BCUT2D eigenvalue weighted by Crippen LogP contribution is 2.33. The number of allylic oxidation sites excluding steroid dienone is 1. The molecule has 2 rings (SSSR count). The van der Waals surface area contributed by atoms with Crippen LogP contribution in [0.2, 0.25) is 0 Å². The van der Waals surface area contributed by atoms with Gasteiger partial charge in [0.2, 0.25) is 0 Å². The number of para-hydroxylation sites is 1. The zero-order valence-electron chi connectivity index (χ0n) is 18.2. The molecule has 0 saturated carbocycles. The predicted molar refractivity (Wildman–Crippen MR) is 118 cm³/mol. The van der Waals surface area contributed by atoms with Crippen molar-refractivity contribution in [1.29, 1.82) is 5.26 Å². The van der Waals surface area contributed by atoms with Gasteiger partial charge in [0.1, 0.15) is 10.9 Å². The number of hydrogen-bond acceptors (Lipinski definition) is 9. The number of esters is 2. The van der Waals surface area contributed by atoms with Gasteiger partial charge in [0.25, 0.3) is 0 Å². The normalized spacial score (nSPS) is 10.9. The molecule has 2 aromatic rings. The third kappa shape index (κ3) is 5.34. The fraction of sp³-hybridized carbons (Fsp3) is 0.304. The number of nitriles is 1. The fourth-order valence-corrected chi connectivity index (χ4v) is 4.14. The van der Waals surface area contributed by atoms with E-state index in [9.17, 15) is 24.8 Å². The molecule has 0 atom stereocenters. The lowest BCUT2D eigenvalue weighted by Crippen LogP contribution is -2.12. The van der Waals surface area contributed by atoms with Gasteiger partial charge >= 0.3 is 11.9 Å². The second-order valence-corrected chi connectivity index (χ2v) is 7.57. The van der Waals surface area contributed by atoms with Crippen LogP contribution in [0.3, 0.4) is 0 Å². The van der Waals surface area contributed by atoms with Crippen LogP contribution in [0, 0.1) is 18.3 Å². The lowest BCUT2D eigenvalue weighted by atomic mass is 10.0. The largest absolute Gasteiger partial charge is 0.504 e.